The Morgan fingerprint density at radius 1 is 1.06 bits per heavy atom. The van der Waals surface area contributed by atoms with E-state index in [-0.39, 0.29) is 26.7 Å². The summed E-state index contributed by atoms with van der Waals surface area (Å²) < 4.78 is 4.81. The molecule has 0 unspecified atom stereocenters. The summed E-state index contributed by atoms with van der Waals surface area (Å²) in [5.74, 6) is -1.77. The maximum absolute atomic E-state index is 12.8. The molecule has 10 heteroatoms. The van der Waals surface area contributed by atoms with Crippen LogP contribution in [-0.2, 0) is 11.3 Å². The lowest BCUT2D eigenvalue weighted by Gasteiger charge is -2.06. The zero-order valence-corrected chi connectivity index (χ0v) is 18.0. The SMILES string of the molecule is COC(=O)c1c(NC(=O)c2cccc([N+](=O)[O-])c2)sc(C(=O)NCc2ccccc2)c1C. The summed E-state index contributed by atoms with van der Waals surface area (Å²) in [6, 6.07) is 14.5. The highest BCUT2D eigenvalue weighted by Crippen LogP contribution is 2.34. The molecule has 164 valence electrons. The Hall–Kier alpha value is -4.05. The molecule has 0 bridgehead atoms. The lowest BCUT2D eigenvalue weighted by atomic mass is 10.1. The number of carbonyl (C=O) groups is 3. The molecular formula is C22H19N3O6S. The maximum atomic E-state index is 12.8. The molecule has 9 nitrogen and oxygen atoms in total. The third-order valence-electron chi connectivity index (χ3n) is 4.58. The Kier molecular flexibility index (Phi) is 6.96. The number of esters is 1. The van der Waals surface area contributed by atoms with Gasteiger partial charge in [0.15, 0.2) is 0 Å². The molecule has 2 N–H and O–H groups in total. The van der Waals surface area contributed by atoms with Gasteiger partial charge in [0.25, 0.3) is 17.5 Å². The number of hydrogen-bond donors (Lipinski definition) is 2. The lowest BCUT2D eigenvalue weighted by molar-refractivity contribution is -0.384. The molecule has 0 fully saturated rings. The summed E-state index contributed by atoms with van der Waals surface area (Å²) in [4.78, 5) is 48.4. The van der Waals surface area contributed by atoms with Crippen LogP contribution in [0.1, 0.15) is 41.5 Å². The maximum Gasteiger partial charge on any atom is 0.341 e. The van der Waals surface area contributed by atoms with Gasteiger partial charge in [-0.15, -0.1) is 11.3 Å². The van der Waals surface area contributed by atoms with Crippen LogP contribution in [0.3, 0.4) is 0 Å². The second kappa shape index (κ2) is 9.84. The minimum atomic E-state index is -0.713. The van der Waals surface area contributed by atoms with Gasteiger partial charge in [0.1, 0.15) is 5.00 Å². The van der Waals surface area contributed by atoms with Gasteiger partial charge >= 0.3 is 5.97 Å². The second-order valence-electron chi connectivity index (χ2n) is 6.68. The first kappa shape index (κ1) is 22.6. The third-order valence-corrected chi connectivity index (χ3v) is 5.79. The van der Waals surface area contributed by atoms with Crippen molar-refractivity contribution < 1.29 is 24.0 Å². The number of nitrogens with zero attached hydrogens (tertiary/aromatic N) is 1. The van der Waals surface area contributed by atoms with Gasteiger partial charge < -0.3 is 15.4 Å². The topological polar surface area (TPSA) is 128 Å². The van der Waals surface area contributed by atoms with Crippen LogP contribution in [0.25, 0.3) is 0 Å². The zero-order chi connectivity index (χ0) is 23.3. The fourth-order valence-corrected chi connectivity index (χ4v) is 4.07. The van der Waals surface area contributed by atoms with Crippen LogP contribution in [0.4, 0.5) is 10.7 Å². The molecule has 0 saturated heterocycles. The van der Waals surface area contributed by atoms with Gasteiger partial charge in [-0.05, 0) is 24.1 Å². The van der Waals surface area contributed by atoms with Crippen LogP contribution >= 0.6 is 11.3 Å². The first-order chi connectivity index (χ1) is 15.3. The quantitative estimate of drug-likeness (QED) is 0.317. The van der Waals surface area contributed by atoms with Gasteiger partial charge in [0.2, 0.25) is 0 Å². The van der Waals surface area contributed by atoms with E-state index < -0.39 is 22.7 Å². The Labute approximate surface area is 187 Å². The molecule has 32 heavy (non-hydrogen) atoms. The number of nitro benzene ring substituents is 1. The van der Waals surface area contributed by atoms with Crippen LogP contribution in [0.15, 0.2) is 54.6 Å². The Bertz CT molecular complexity index is 1190. The van der Waals surface area contributed by atoms with Gasteiger partial charge in [-0.3, -0.25) is 19.7 Å². The van der Waals surface area contributed by atoms with E-state index in [1.165, 1.54) is 25.3 Å². The number of non-ortho nitro benzene ring substituents is 1. The van der Waals surface area contributed by atoms with Crippen molar-refractivity contribution in [1.82, 2.24) is 5.32 Å². The summed E-state index contributed by atoms with van der Waals surface area (Å²) in [6.45, 7) is 1.88. The van der Waals surface area contributed by atoms with Gasteiger partial charge in [-0.25, -0.2) is 4.79 Å². The summed E-state index contributed by atoms with van der Waals surface area (Å²) in [6.07, 6.45) is 0. The van der Waals surface area contributed by atoms with E-state index in [1.54, 1.807) is 6.92 Å². The molecule has 2 amide bonds. The number of anilines is 1. The molecule has 2 aromatic carbocycles. The van der Waals surface area contributed by atoms with Crippen LogP contribution in [0, 0.1) is 17.0 Å². The highest BCUT2D eigenvalue weighted by Gasteiger charge is 2.26. The van der Waals surface area contributed by atoms with Crippen LogP contribution < -0.4 is 10.6 Å². The number of hydrogen-bond acceptors (Lipinski definition) is 7. The van der Waals surface area contributed by atoms with Crippen molar-refractivity contribution in [2.75, 3.05) is 12.4 Å². The van der Waals surface area contributed by atoms with E-state index in [1.807, 2.05) is 30.3 Å². The Morgan fingerprint density at radius 3 is 2.44 bits per heavy atom. The average Bonchev–Trinajstić information content (AvgIpc) is 3.13. The smallest absolute Gasteiger partial charge is 0.341 e. The molecule has 0 saturated carbocycles. The highest BCUT2D eigenvalue weighted by molar-refractivity contribution is 7.18. The third kappa shape index (κ3) is 4.98. The fraction of sp³-hybridized carbons (Fsp3) is 0.136. The number of thiophene rings is 1. The number of nitrogens with one attached hydrogen (secondary N) is 2. The minimum absolute atomic E-state index is 0.0381. The van der Waals surface area contributed by atoms with Gasteiger partial charge in [-0.2, -0.15) is 0 Å². The Morgan fingerprint density at radius 2 is 1.78 bits per heavy atom. The van der Waals surface area contributed by atoms with Crippen molar-refractivity contribution in [3.05, 3.63) is 91.8 Å². The molecular weight excluding hydrogens is 434 g/mol. The van der Waals surface area contributed by atoms with Crippen molar-refractivity contribution in [2.24, 2.45) is 0 Å². The van der Waals surface area contributed by atoms with Crippen molar-refractivity contribution >= 4 is 39.8 Å². The van der Waals surface area contributed by atoms with Gasteiger partial charge in [0, 0.05) is 24.2 Å². The monoisotopic (exact) mass is 453 g/mol. The number of amides is 2. The second-order valence-corrected chi connectivity index (χ2v) is 7.70. The molecule has 1 aromatic heterocycles. The summed E-state index contributed by atoms with van der Waals surface area (Å²) in [7, 11) is 1.20. The number of carbonyl (C=O) groups excluding carboxylic acids is 3. The van der Waals surface area contributed by atoms with Crippen LogP contribution in [-0.4, -0.2) is 29.8 Å². The first-order valence-corrected chi connectivity index (χ1v) is 10.2. The average molecular weight is 453 g/mol. The van der Waals surface area contributed by atoms with E-state index in [0.29, 0.717) is 12.1 Å². The summed E-state index contributed by atoms with van der Waals surface area (Å²) >= 11 is 0.928. The number of nitro groups is 1. The molecule has 1 heterocycles. The standard InChI is InChI=1S/C22H19N3O6S/c1-13-17(22(28)31-2)21(24-19(26)15-9-6-10-16(11-15)25(29)30)32-18(13)20(27)23-12-14-7-4-3-5-8-14/h3-11H,12H2,1-2H3,(H,23,27)(H,24,26). The summed E-state index contributed by atoms with van der Waals surface area (Å²) in [5, 5.41) is 16.5. The fourth-order valence-electron chi connectivity index (χ4n) is 2.96. The normalized spacial score (nSPS) is 10.3. The molecule has 0 spiro atoms. The highest BCUT2D eigenvalue weighted by atomic mass is 32.1. The number of methoxy groups -OCH3 is 1. The molecule has 0 radical (unpaired) electrons. The molecule has 3 rings (SSSR count). The number of benzene rings is 2. The molecule has 0 aliphatic carbocycles. The van der Waals surface area contributed by atoms with Crippen molar-refractivity contribution in [3.63, 3.8) is 0 Å². The molecule has 3 aromatic rings. The van der Waals surface area contributed by atoms with Crippen LogP contribution in [0.5, 0.6) is 0 Å². The van der Waals surface area contributed by atoms with Crippen molar-refractivity contribution in [3.8, 4) is 0 Å². The van der Waals surface area contributed by atoms with E-state index >= 15 is 0 Å². The molecule has 0 atom stereocenters. The van der Waals surface area contributed by atoms with Gasteiger partial charge in [-0.1, -0.05) is 36.4 Å². The molecule has 0 aliphatic rings. The Balaban J connectivity index is 1.87. The van der Waals surface area contributed by atoms with E-state index in [2.05, 4.69) is 10.6 Å². The minimum Gasteiger partial charge on any atom is -0.465 e. The molecule has 0 aliphatic heterocycles. The van der Waals surface area contributed by atoms with E-state index in [4.69, 9.17) is 4.74 Å². The number of ether oxygens (including phenoxy) is 1. The van der Waals surface area contributed by atoms with E-state index in [9.17, 15) is 24.5 Å². The largest absolute Gasteiger partial charge is 0.465 e. The predicted molar refractivity (Wildman–Crippen MR) is 119 cm³/mol. The summed E-state index contributed by atoms with van der Waals surface area (Å²) in [5.41, 5.74) is 1.12. The van der Waals surface area contributed by atoms with Crippen molar-refractivity contribution in [1.29, 1.82) is 0 Å². The number of rotatable bonds is 7. The lowest BCUT2D eigenvalue weighted by Crippen LogP contribution is -2.22. The van der Waals surface area contributed by atoms with Crippen LogP contribution in [0.2, 0.25) is 0 Å². The van der Waals surface area contributed by atoms with Gasteiger partial charge in [0.05, 0.1) is 22.5 Å². The predicted octanol–water partition coefficient (Wildman–Crippen LogP) is 3.93. The first-order valence-electron chi connectivity index (χ1n) is 9.41. The van der Waals surface area contributed by atoms with E-state index in [0.717, 1.165) is 23.0 Å². The van der Waals surface area contributed by atoms with Crippen molar-refractivity contribution in [2.45, 2.75) is 13.5 Å². The zero-order valence-electron chi connectivity index (χ0n) is 17.2.